The average molecular weight is 370 g/mol. The molecular formula is C22H14N2O2S. The third-order valence-corrected chi connectivity index (χ3v) is 5.52. The molecule has 0 spiro atoms. The van der Waals surface area contributed by atoms with Gasteiger partial charge in [0.1, 0.15) is 16.9 Å². The quantitative estimate of drug-likeness (QED) is 0.494. The van der Waals surface area contributed by atoms with Gasteiger partial charge in [0.05, 0.1) is 22.6 Å². The topological polar surface area (TPSA) is 70.8 Å². The molecule has 3 aromatic rings. The largest absolute Gasteiger partial charge is 0.299 e. The Hall–Kier alpha value is -3.23. The molecule has 0 aliphatic heterocycles. The highest BCUT2D eigenvalue weighted by Crippen LogP contribution is 2.44. The van der Waals surface area contributed by atoms with Crippen LogP contribution in [0.1, 0.15) is 28.4 Å². The second kappa shape index (κ2) is 6.82. The van der Waals surface area contributed by atoms with E-state index in [4.69, 9.17) is 0 Å². The van der Waals surface area contributed by atoms with Crippen molar-refractivity contribution in [3.63, 3.8) is 0 Å². The van der Waals surface area contributed by atoms with Crippen LogP contribution in [0.4, 0.5) is 0 Å². The molecule has 1 aliphatic rings. The fourth-order valence-electron chi connectivity index (χ4n) is 3.27. The summed E-state index contributed by atoms with van der Waals surface area (Å²) in [4.78, 5) is 29.2. The lowest BCUT2D eigenvalue weighted by Gasteiger charge is -2.13. The summed E-state index contributed by atoms with van der Waals surface area (Å²) in [5, 5.41) is 10.3. The molecule has 130 valence electrons. The fourth-order valence-corrected chi connectivity index (χ4v) is 4.06. The fraction of sp³-hybridized carbons (Fsp3) is 0.0909. The molecule has 4 rings (SSSR count). The summed E-state index contributed by atoms with van der Waals surface area (Å²) >= 11 is 1.24. The van der Waals surface area contributed by atoms with E-state index in [0.717, 1.165) is 11.1 Å². The van der Waals surface area contributed by atoms with Gasteiger partial charge in [-0.15, -0.1) is 0 Å². The zero-order valence-corrected chi connectivity index (χ0v) is 15.3. The van der Waals surface area contributed by atoms with Gasteiger partial charge in [0.15, 0.2) is 5.78 Å². The smallest absolute Gasteiger partial charge is 0.196 e. The number of carbonyl (C=O) groups excluding carboxylic acids is 2. The van der Waals surface area contributed by atoms with Gasteiger partial charge in [-0.25, -0.2) is 4.98 Å². The molecule has 1 heterocycles. The van der Waals surface area contributed by atoms with Crippen LogP contribution >= 0.6 is 11.8 Å². The number of aromatic nitrogens is 1. The van der Waals surface area contributed by atoms with Crippen LogP contribution in [0.15, 0.2) is 59.6 Å². The maximum absolute atomic E-state index is 13.1. The first-order valence-corrected chi connectivity index (χ1v) is 9.40. The molecule has 0 bridgehead atoms. The van der Waals surface area contributed by atoms with Crippen molar-refractivity contribution >= 4 is 23.3 Å². The van der Waals surface area contributed by atoms with Gasteiger partial charge in [-0.1, -0.05) is 66.4 Å². The standard InChI is InChI=1S/C22H14N2O2S/c1-13(25)12-27-22-17(11-23)18(14-7-3-2-4-8-14)19-20(24-22)15-9-5-6-10-16(15)21(19)26/h2-10H,12H2,1H3. The summed E-state index contributed by atoms with van der Waals surface area (Å²) < 4.78 is 0. The van der Waals surface area contributed by atoms with E-state index >= 15 is 0 Å². The maximum Gasteiger partial charge on any atom is 0.196 e. The maximum atomic E-state index is 13.1. The highest BCUT2D eigenvalue weighted by Gasteiger charge is 2.34. The zero-order valence-electron chi connectivity index (χ0n) is 14.5. The summed E-state index contributed by atoms with van der Waals surface area (Å²) in [7, 11) is 0. The monoisotopic (exact) mass is 370 g/mol. The Balaban J connectivity index is 2.05. The van der Waals surface area contributed by atoms with Gasteiger partial charge in [-0.2, -0.15) is 5.26 Å². The van der Waals surface area contributed by atoms with Gasteiger partial charge in [0.2, 0.25) is 0 Å². The van der Waals surface area contributed by atoms with E-state index in [2.05, 4.69) is 11.1 Å². The molecule has 0 saturated carbocycles. The van der Waals surface area contributed by atoms with Crippen LogP contribution in [0.3, 0.4) is 0 Å². The number of thioether (sulfide) groups is 1. The first-order valence-electron chi connectivity index (χ1n) is 8.41. The predicted molar refractivity (Wildman–Crippen MR) is 105 cm³/mol. The number of hydrogen-bond acceptors (Lipinski definition) is 5. The first kappa shape index (κ1) is 17.2. The number of nitrogens with zero attached hydrogens (tertiary/aromatic N) is 2. The average Bonchev–Trinajstić information content (AvgIpc) is 2.98. The highest BCUT2D eigenvalue weighted by atomic mass is 32.2. The van der Waals surface area contributed by atoms with E-state index in [1.807, 2.05) is 48.5 Å². The van der Waals surface area contributed by atoms with Crippen molar-refractivity contribution in [2.45, 2.75) is 11.9 Å². The van der Waals surface area contributed by atoms with Gasteiger partial charge >= 0.3 is 0 Å². The SMILES string of the molecule is CC(=O)CSc1nc2c(c(-c3ccccc3)c1C#N)C(=O)c1ccccc1-2. The summed E-state index contributed by atoms with van der Waals surface area (Å²) in [6.45, 7) is 1.50. The van der Waals surface area contributed by atoms with Crippen molar-refractivity contribution in [1.82, 2.24) is 4.98 Å². The second-order valence-electron chi connectivity index (χ2n) is 6.23. The third kappa shape index (κ3) is 2.84. The summed E-state index contributed by atoms with van der Waals surface area (Å²) in [6, 6.07) is 18.9. The van der Waals surface area contributed by atoms with Gasteiger partial charge in [-0.05, 0) is 12.5 Å². The van der Waals surface area contributed by atoms with E-state index in [9.17, 15) is 14.9 Å². The molecule has 0 N–H and O–H groups in total. The number of pyridine rings is 1. The number of fused-ring (bicyclic) bond motifs is 3. The highest BCUT2D eigenvalue weighted by molar-refractivity contribution is 8.00. The first-order chi connectivity index (χ1) is 13.1. The van der Waals surface area contributed by atoms with E-state index in [-0.39, 0.29) is 17.3 Å². The van der Waals surface area contributed by atoms with Crippen LogP contribution in [-0.2, 0) is 4.79 Å². The Bertz CT molecular complexity index is 1130. The van der Waals surface area contributed by atoms with Crippen molar-refractivity contribution < 1.29 is 9.59 Å². The van der Waals surface area contributed by atoms with Crippen LogP contribution in [0, 0.1) is 11.3 Å². The molecule has 0 radical (unpaired) electrons. The molecule has 0 unspecified atom stereocenters. The Labute approximate surface area is 160 Å². The van der Waals surface area contributed by atoms with Crippen molar-refractivity contribution in [1.29, 1.82) is 5.26 Å². The number of benzene rings is 2. The molecule has 1 aromatic heterocycles. The zero-order chi connectivity index (χ0) is 19.0. The van der Waals surface area contributed by atoms with Crippen molar-refractivity contribution in [2.24, 2.45) is 0 Å². The van der Waals surface area contributed by atoms with Crippen LogP contribution < -0.4 is 0 Å². The summed E-state index contributed by atoms with van der Waals surface area (Å²) in [5.74, 6) is 0.111. The number of Topliss-reactive ketones (excluding diaryl/α,β-unsaturated/α-hetero) is 1. The number of hydrogen-bond donors (Lipinski definition) is 0. The summed E-state index contributed by atoms with van der Waals surface area (Å²) in [5.41, 5.74) is 4.13. The van der Waals surface area contributed by atoms with Crippen molar-refractivity contribution in [3.05, 3.63) is 71.3 Å². The lowest BCUT2D eigenvalue weighted by molar-refractivity contribution is -0.114. The van der Waals surface area contributed by atoms with Gasteiger partial charge in [0, 0.05) is 16.7 Å². The Kier molecular flexibility index (Phi) is 4.35. The predicted octanol–water partition coefficient (Wildman–Crippen LogP) is 4.51. The molecule has 0 fully saturated rings. The Morgan fingerprint density at radius 3 is 2.37 bits per heavy atom. The third-order valence-electron chi connectivity index (χ3n) is 4.40. The lowest BCUT2D eigenvalue weighted by atomic mass is 9.94. The van der Waals surface area contributed by atoms with Gasteiger partial charge in [0.25, 0.3) is 0 Å². The van der Waals surface area contributed by atoms with E-state index in [1.165, 1.54) is 18.7 Å². The van der Waals surface area contributed by atoms with Crippen molar-refractivity contribution in [2.75, 3.05) is 5.75 Å². The molecule has 0 atom stereocenters. The number of ketones is 2. The summed E-state index contributed by atoms with van der Waals surface area (Å²) in [6.07, 6.45) is 0. The molecule has 5 heteroatoms. The normalized spacial score (nSPS) is 11.6. The minimum atomic E-state index is -0.119. The van der Waals surface area contributed by atoms with Crippen LogP contribution in [-0.4, -0.2) is 22.3 Å². The number of carbonyl (C=O) groups is 2. The van der Waals surface area contributed by atoms with Crippen LogP contribution in [0.2, 0.25) is 0 Å². The molecule has 4 nitrogen and oxygen atoms in total. The Morgan fingerprint density at radius 2 is 1.70 bits per heavy atom. The van der Waals surface area contributed by atoms with E-state index in [0.29, 0.717) is 33.0 Å². The minimum absolute atomic E-state index is 0.00364. The van der Waals surface area contributed by atoms with E-state index in [1.54, 1.807) is 6.07 Å². The number of rotatable bonds is 4. The van der Waals surface area contributed by atoms with Gasteiger partial charge in [-0.3, -0.25) is 9.59 Å². The molecule has 0 saturated heterocycles. The van der Waals surface area contributed by atoms with Crippen LogP contribution in [0.5, 0.6) is 0 Å². The molecule has 2 aromatic carbocycles. The second-order valence-corrected chi connectivity index (χ2v) is 7.20. The van der Waals surface area contributed by atoms with Crippen LogP contribution in [0.25, 0.3) is 22.4 Å². The molecular weight excluding hydrogens is 356 g/mol. The minimum Gasteiger partial charge on any atom is -0.299 e. The molecule has 1 aliphatic carbocycles. The lowest BCUT2D eigenvalue weighted by Crippen LogP contribution is -2.05. The van der Waals surface area contributed by atoms with E-state index < -0.39 is 0 Å². The number of nitriles is 1. The Morgan fingerprint density at radius 1 is 1.04 bits per heavy atom. The van der Waals surface area contributed by atoms with Gasteiger partial charge < -0.3 is 0 Å². The molecule has 27 heavy (non-hydrogen) atoms. The van der Waals surface area contributed by atoms with Crippen molar-refractivity contribution in [3.8, 4) is 28.5 Å². The molecule has 0 amide bonds.